The lowest BCUT2D eigenvalue weighted by Crippen LogP contribution is -2.32. The number of hydrogen-bond donors (Lipinski definition) is 1. The van der Waals surface area contributed by atoms with Gasteiger partial charge in [-0.3, -0.25) is 9.59 Å². The standard InChI is InChI=1S/C25H28ClNO5/c1-16(2)11-13-32-20-6-4-5-18(15-20)22-21(23(28)17-7-9-19(26)10-8-17)24(29)25(30)27(22)12-14-31-3/h4-10,15-16,22,28H,11-14H2,1-3H3. The van der Waals surface area contributed by atoms with E-state index in [1.165, 1.54) is 12.0 Å². The number of methoxy groups -OCH3 is 1. The molecule has 2 aromatic carbocycles. The molecule has 1 atom stereocenters. The van der Waals surface area contributed by atoms with E-state index >= 15 is 0 Å². The molecular weight excluding hydrogens is 430 g/mol. The molecule has 7 heteroatoms. The van der Waals surface area contributed by atoms with Crippen molar-refractivity contribution in [2.45, 2.75) is 26.3 Å². The van der Waals surface area contributed by atoms with Gasteiger partial charge in [0.25, 0.3) is 11.7 Å². The van der Waals surface area contributed by atoms with Crippen LogP contribution in [0.4, 0.5) is 0 Å². The molecule has 1 aliphatic heterocycles. The molecule has 1 N–H and O–H groups in total. The van der Waals surface area contributed by atoms with E-state index in [9.17, 15) is 14.7 Å². The number of nitrogens with zero attached hydrogens (tertiary/aromatic N) is 1. The molecule has 0 bridgehead atoms. The van der Waals surface area contributed by atoms with Crippen molar-refractivity contribution in [2.75, 3.05) is 26.9 Å². The summed E-state index contributed by atoms with van der Waals surface area (Å²) in [7, 11) is 1.53. The molecule has 0 aliphatic carbocycles. The first-order chi connectivity index (χ1) is 15.3. The van der Waals surface area contributed by atoms with Crippen LogP contribution in [-0.4, -0.2) is 48.6 Å². The van der Waals surface area contributed by atoms with Crippen molar-refractivity contribution in [1.29, 1.82) is 0 Å². The number of aliphatic hydroxyl groups excluding tert-OH is 1. The molecule has 1 unspecified atom stereocenters. The van der Waals surface area contributed by atoms with E-state index in [1.807, 2.05) is 24.3 Å². The second-order valence-electron chi connectivity index (χ2n) is 8.10. The van der Waals surface area contributed by atoms with Crippen LogP contribution in [0.1, 0.15) is 37.4 Å². The molecule has 3 rings (SSSR count). The van der Waals surface area contributed by atoms with Crippen LogP contribution in [0.3, 0.4) is 0 Å². The normalized spacial score (nSPS) is 17.9. The van der Waals surface area contributed by atoms with Gasteiger partial charge in [-0.25, -0.2) is 0 Å². The van der Waals surface area contributed by atoms with E-state index in [2.05, 4.69) is 13.8 Å². The third-order valence-electron chi connectivity index (χ3n) is 5.33. The summed E-state index contributed by atoms with van der Waals surface area (Å²) in [5.74, 6) is -0.486. The summed E-state index contributed by atoms with van der Waals surface area (Å²) in [5, 5.41) is 11.5. The number of ketones is 1. The Morgan fingerprint density at radius 1 is 1.12 bits per heavy atom. The number of rotatable bonds is 9. The fraction of sp³-hybridized carbons (Fsp3) is 0.360. The van der Waals surface area contributed by atoms with Gasteiger partial charge in [-0.05, 0) is 54.3 Å². The minimum absolute atomic E-state index is 0.0350. The van der Waals surface area contributed by atoms with Crippen molar-refractivity contribution in [3.63, 3.8) is 0 Å². The lowest BCUT2D eigenvalue weighted by Gasteiger charge is -2.25. The predicted molar refractivity (Wildman–Crippen MR) is 124 cm³/mol. The van der Waals surface area contributed by atoms with Crippen molar-refractivity contribution in [1.82, 2.24) is 4.90 Å². The predicted octanol–water partition coefficient (Wildman–Crippen LogP) is 4.83. The summed E-state index contributed by atoms with van der Waals surface area (Å²) in [5.41, 5.74) is 1.12. The molecule has 1 saturated heterocycles. The van der Waals surface area contributed by atoms with Gasteiger partial charge in [-0.1, -0.05) is 37.6 Å². The highest BCUT2D eigenvalue weighted by atomic mass is 35.5. The van der Waals surface area contributed by atoms with Crippen LogP contribution in [0, 0.1) is 5.92 Å². The average molecular weight is 458 g/mol. The first-order valence-corrected chi connectivity index (χ1v) is 11.0. The summed E-state index contributed by atoms with van der Waals surface area (Å²) in [4.78, 5) is 27.3. The van der Waals surface area contributed by atoms with E-state index in [0.717, 1.165) is 6.42 Å². The number of Topliss-reactive ketones (excluding diaryl/α,β-unsaturated/α-hetero) is 1. The van der Waals surface area contributed by atoms with Crippen LogP contribution >= 0.6 is 11.6 Å². The monoisotopic (exact) mass is 457 g/mol. The van der Waals surface area contributed by atoms with E-state index < -0.39 is 17.7 Å². The number of ether oxygens (including phenoxy) is 2. The molecule has 0 saturated carbocycles. The first-order valence-electron chi connectivity index (χ1n) is 10.6. The van der Waals surface area contributed by atoms with Crippen LogP contribution in [0.2, 0.25) is 5.02 Å². The highest BCUT2D eigenvalue weighted by Gasteiger charge is 2.46. The second-order valence-corrected chi connectivity index (χ2v) is 8.53. The van der Waals surface area contributed by atoms with E-state index in [1.54, 1.807) is 24.3 Å². The summed E-state index contributed by atoms with van der Waals surface area (Å²) < 4.78 is 11.0. The Morgan fingerprint density at radius 3 is 2.50 bits per heavy atom. The van der Waals surface area contributed by atoms with Crippen molar-refractivity contribution in [3.8, 4) is 5.75 Å². The van der Waals surface area contributed by atoms with Crippen LogP contribution < -0.4 is 4.74 Å². The zero-order valence-electron chi connectivity index (χ0n) is 18.5. The largest absolute Gasteiger partial charge is 0.507 e. The highest BCUT2D eigenvalue weighted by Crippen LogP contribution is 2.40. The van der Waals surface area contributed by atoms with Crippen molar-refractivity contribution >= 4 is 29.1 Å². The molecule has 1 amide bonds. The number of halogens is 1. The third-order valence-corrected chi connectivity index (χ3v) is 5.58. The Hall–Kier alpha value is -2.83. The van der Waals surface area contributed by atoms with E-state index in [-0.39, 0.29) is 24.5 Å². The molecule has 1 fully saturated rings. The molecule has 170 valence electrons. The molecule has 32 heavy (non-hydrogen) atoms. The highest BCUT2D eigenvalue weighted by molar-refractivity contribution is 6.46. The molecule has 6 nitrogen and oxygen atoms in total. The number of benzene rings is 2. The summed E-state index contributed by atoms with van der Waals surface area (Å²) in [6, 6.07) is 13.0. The third kappa shape index (κ3) is 5.31. The minimum atomic E-state index is -0.755. The lowest BCUT2D eigenvalue weighted by atomic mass is 9.95. The SMILES string of the molecule is COCCN1C(=O)C(=O)C(=C(O)c2ccc(Cl)cc2)C1c1cccc(OCCC(C)C)c1. The summed E-state index contributed by atoms with van der Waals surface area (Å²) in [6.07, 6.45) is 0.910. The molecular formula is C25H28ClNO5. The van der Waals surface area contributed by atoms with Crippen LogP contribution in [0.25, 0.3) is 5.76 Å². The van der Waals surface area contributed by atoms with Crippen LogP contribution in [0.5, 0.6) is 5.75 Å². The maximum atomic E-state index is 13.0. The first kappa shape index (κ1) is 23.8. The van der Waals surface area contributed by atoms with Crippen LogP contribution in [-0.2, 0) is 14.3 Å². The number of hydrogen-bond acceptors (Lipinski definition) is 5. The van der Waals surface area contributed by atoms with E-state index in [0.29, 0.717) is 34.4 Å². The Labute approximate surface area is 193 Å². The number of amides is 1. The minimum Gasteiger partial charge on any atom is -0.507 e. The van der Waals surface area contributed by atoms with E-state index in [4.69, 9.17) is 21.1 Å². The fourth-order valence-electron chi connectivity index (χ4n) is 3.60. The topological polar surface area (TPSA) is 76.1 Å². The number of aliphatic hydroxyl groups is 1. The van der Waals surface area contributed by atoms with Crippen molar-refractivity contribution in [3.05, 3.63) is 70.3 Å². The maximum Gasteiger partial charge on any atom is 0.295 e. The van der Waals surface area contributed by atoms with Crippen molar-refractivity contribution in [2.24, 2.45) is 5.92 Å². The Kier molecular flexibility index (Phi) is 7.94. The molecule has 1 aliphatic rings. The zero-order chi connectivity index (χ0) is 23.3. The Bertz CT molecular complexity index is 1000. The quantitative estimate of drug-likeness (QED) is 0.331. The van der Waals surface area contributed by atoms with Crippen LogP contribution in [0.15, 0.2) is 54.1 Å². The maximum absolute atomic E-state index is 13.0. The molecule has 0 radical (unpaired) electrons. The molecule has 0 aromatic heterocycles. The van der Waals surface area contributed by atoms with Gasteiger partial charge in [0, 0.05) is 24.2 Å². The van der Waals surface area contributed by atoms with Gasteiger partial charge >= 0.3 is 0 Å². The molecule has 0 spiro atoms. The number of carbonyl (C=O) groups excluding carboxylic acids is 2. The van der Waals surface area contributed by atoms with Gasteiger partial charge in [-0.2, -0.15) is 0 Å². The summed E-state index contributed by atoms with van der Waals surface area (Å²) >= 11 is 5.96. The molecule has 1 heterocycles. The van der Waals surface area contributed by atoms with Gasteiger partial charge in [0.1, 0.15) is 11.5 Å². The van der Waals surface area contributed by atoms with Gasteiger partial charge < -0.3 is 19.5 Å². The Morgan fingerprint density at radius 2 is 1.84 bits per heavy atom. The average Bonchev–Trinajstić information content (AvgIpc) is 3.02. The Balaban J connectivity index is 2.04. The lowest BCUT2D eigenvalue weighted by molar-refractivity contribution is -0.140. The zero-order valence-corrected chi connectivity index (χ0v) is 19.3. The number of carbonyl (C=O) groups is 2. The smallest absolute Gasteiger partial charge is 0.295 e. The van der Waals surface area contributed by atoms with Gasteiger partial charge in [0.15, 0.2) is 0 Å². The van der Waals surface area contributed by atoms with Gasteiger partial charge in [0.2, 0.25) is 0 Å². The summed E-state index contributed by atoms with van der Waals surface area (Å²) in [6.45, 7) is 5.28. The molecule has 2 aromatic rings. The van der Waals surface area contributed by atoms with Crippen molar-refractivity contribution < 1.29 is 24.2 Å². The van der Waals surface area contributed by atoms with Gasteiger partial charge in [0.05, 0.1) is 24.8 Å². The fourth-order valence-corrected chi connectivity index (χ4v) is 3.72. The number of likely N-dealkylation sites (tertiary alicyclic amines) is 1. The second kappa shape index (κ2) is 10.7. The van der Waals surface area contributed by atoms with Gasteiger partial charge in [-0.15, -0.1) is 0 Å².